The van der Waals surface area contributed by atoms with E-state index in [9.17, 15) is 39.6 Å². The summed E-state index contributed by atoms with van der Waals surface area (Å²) < 4.78 is 4.65. The largest absolute Gasteiger partial charge is 0.508 e. The number of Topliss-reactive ketones (excluding diaryl/α,β-unsaturated/α-hetero) is 2. The molecule has 11 heteroatoms. The molecule has 5 rings (SSSR count). The predicted octanol–water partition coefficient (Wildman–Crippen LogP) is 1.82. The van der Waals surface area contributed by atoms with Crippen LogP contribution in [0.2, 0.25) is 0 Å². The van der Waals surface area contributed by atoms with Crippen LogP contribution in [0.25, 0.3) is 23.0 Å². The first kappa shape index (κ1) is 28.8. The van der Waals surface area contributed by atoms with E-state index in [0.29, 0.717) is 22.3 Å². The molecular weight excluding hydrogens is 544 g/mol. The predicted molar refractivity (Wildman–Crippen MR) is 151 cm³/mol. The van der Waals surface area contributed by atoms with Crippen LogP contribution < -0.4 is 5.73 Å². The van der Waals surface area contributed by atoms with Crippen LogP contribution in [0.15, 0.2) is 59.4 Å². The van der Waals surface area contributed by atoms with E-state index < -0.39 is 64.0 Å². The number of benzene rings is 2. The van der Waals surface area contributed by atoms with Crippen molar-refractivity contribution in [2.45, 2.75) is 24.5 Å². The third kappa shape index (κ3) is 4.20. The Balaban J connectivity index is 1.68. The van der Waals surface area contributed by atoms with Crippen molar-refractivity contribution in [1.82, 2.24) is 4.90 Å². The van der Waals surface area contributed by atoms with Gasteiger partial charge in [0.25, 0.3) is 5.91 Å². The van der Waals surface area contributed by atoms with Crippen LogP contribution >= 0.6 is 0 Å². The Bertz CT molecular complexity index is 1650. The molecule has 0 bridgehead atoms. The lowest BCUT2D eigenvalue weighted by molar-refractivity contribution is -0.153. The number of amides is 1. The normalized spacial score (nSPS) is 25.4. The molecule has 0 heterocycles. The summed E-state index contributed by atoms with van der Waals surface area (Å²) in [6, 6.07) is 9.08. The first-order valence-electron chi connectivity index (χ1n) is 13.2. The summed E-state index contributed by atoms with van der Waals surface area (Å²) >= 11 is 0. The number of likely N-dealkylation sites (N-methyl/N-ethyl adjacent to an activating group) is 1. The fraction of sp³-hybridized carbons (Fsp3) is 0.290. The molecule has 2 aromatic carbocycles. The Morgan fingerprint density at radius 1 is 1.12 bits per heavy atom. The number of phenolic OH excluding ortho intramolecular Hbond substituents is 1. The number of carbonyl (C=O) groups excluding carboxylic acids is 4. The molecule has 0 saturated heterocycles. The second-order valence-corrected chi connectivity index (χ2v) is 10.9. The average molecular weight is 575 g/mol. The van der Waals surface area contributed by atoms with E-state index in [2.05, 4.69) is 4.74 Å². The van der Waals surface area contributed by atoms with Crippen LogP contribution in [-0.4, -0.2) is 81.6 Å². The number of aromatic hydroxyl groups is 1. The van der Waals surface area contributed by atoms with Crippen LogP contribution in [0.5, 0.6) is 5.75 Å². The van der Waals surface area contributed by atoms with Gasteiger partial charge in [0.15, 0.2) is 11.4 Å². The zero-order chi connectivity index (χ0) is 30.7. The van der Waals surface area contributed by atoms with Gasteiger partial charge < -0.3 is 30.9 Å². The number of fused-ring (bicyclic) bond motifs is 3. The Morgan fingerprint density at radius 2 is 1.83 bits per heavy atom. The van der Waals surface area contributed by atoms with Gasteiger partial charge in [0, 0.05) is 17.6 Å². The second-order valence-electron chi connectivity index (χ2n) is 10.9. The standard InChI is InChI=1S/C31H30N2O9/c1-33(2)25-19-13-16-12-18-17(15-6-4-5-14(11-15)7-10-21(35)42-3)8-9-20(34)23(18)26(36)22(16)28(38)31(19,41)29(39)24(27(25)37)30(32)40/h4-11,16,19,25,34,36,39,41H,12-13H2,1-3H3,(H2,32,40)/b10-7+/t16-,19-,25-,31-/m0/s1. The smallest absolute Gasteiger partial charge is 0.330 e. The number of rotatable bonds is 5. The highest BCUT2D eigenvalue weighted by molar-refractivity contribution is 6.24. The number of nitrogens with two attached hydrogens (primary N) is 1. The van der Waals surface area contributed by atoms with E-state index in [1.807, 2.05) is 12.1 Å². The Morgan fingerprint density at radius 3 is 2.48 bits per heavy atom. The molecule has 11 nitrogen and oxygen atoms in total. The molecule has 0 radical (unpaired) electrons. The molecule has 3 aliphatic rings. The van der Waals surface area contributed by atoms with Crippen molar-refractivity contribution in [3.63, 3.8) is 0 Å². The molecule has 0 spiro atoms. The Hall–Kier alpha value is -4.74. The zero-order valence-corrected chi connectivity index (χ0v) is 23.1. The highest BCUT2D eigenvalue weighted by atomic mass is 16.5. The third-order valence-electron chi connectivity index (χ3n) is 8.41. The number of primary amides is 1. The number of hydrogen-bond donors (Lipinski definition) is 5. The number of aliphatic hydroxyl groups is 3. The van der Waals surface area contributed by atoms with Crippen molar-refractivity contribution in [3.05, 3.63) is 76.1 Å². The molecule has 0 aliphatic heterocycles. The monoisotopic (exact) mass is 574 g/mol. The summed E-state index contributed by atoms with van der Waals surface area (Å²) in [6.07, 6.45) is 3.00. The van der Waals surface area contributed by atoms with Crippen molar-refractivity contribution in [3.8, 4) is 16.9 Å². The number of ether oxygens (including phenoxy) is 1. The topological polar surface area (TPSA) is 188 Å². The molecular formula is C31H30N2O9. The third-order valence-corrected chi connectivity index (χ3v) is 8.41. The molecule has 1 fully saturated rings. The maximum absolute atomic E-state index is 14.0. The highest BCUT2D eigenvalue weighted by Gasteiger charge is 2.64. The molecule has 3 aliphatic carbocycles. The van der Waals surface area contributed by atoms with Gasteiger partial charge in [-0.2, -0.15) is 0 Å². The number of phenols is 1. The summed E-state index contributed by atoms with van der Waals surface area (Å²) in [4.78, 5) is 52.4. The summed E-state index contributed by atoms with van der Waals surface area (Å²) in [7, 11) is 4.37. The minimum Gasteiger partial charge on any atom is -0.508 e. The molecule has 218 valence electrons. The van der Waals surface area contributed by atoms with E-state index in [-0.39, 0.29) is 29.7 Å². The van der Waals surface area contributed by atoms with Crippen molar-refractivity contribution < 1.29 is 44.3 Å². The number of carbonyl (C=O) groups is 4. The van der Waals surface area contributed by atoms with Crippen molar-refractivity contribution >= 4 is 35.3 Å². The summed E-state index contributed by atoms with van der Waals surface area (Å²) in [6.45, 7) is 0. The van der Waals surface area contributed by atoms with Crippen LogP contribution in [0.1, 0.15) is 23.1 Å². The number of methoxy groups -OCH3 is 1. The maximum atomic E-state index is 14.0. The molecule has 0 unspecified atom stereocenters. The Labute approximate surface area is 240 Å². The van der Waals surface area contributed by atoms with E-state index in [1.165, 1.54) is 24.2 Å². The quantitative estimate of drug-likeness (QED) is 0.200. The molecule has 1 saturated carbocycles. The van der Waals surface area contributed by atoms with Gasteiger partial charge >= 0.3 is 5.97 Å². The lowest BCUT2D eigenvalue weighted by atomic mass is 9.57. The van der Waals surface area contributed by atoms with Gasteiger partial charge in [-0.25, -0.2) is 4.79 Å². The molecule has 4 atom stereocenters. The van der Waals surface area contributed by atoms with Crippen molar-refractivity contribution in [2.24, 2.45) is 17.6 Å². The van der Waals surface area contributed by atoms with Gasteiger partial charge in [0.2, 0.25) is 5.78 Å². The molecule has 2 aromatic rings. The number of hydrogen-bond acceptors (Lipinski definition) is 10. The second kappa shape index (κ2) is 10.3. The summed E-state index contributed by atoms with van der Waals surface area (Å²) in [5.74, 6) is -7.54. The van der Waals surface area contributed by atoms with Crippen molar-refractivity contribution in [2.75, 3.05) is 21.2 Å². The molecule has 42 heavy (non-hydrogen) atoms. The van der Waals surface area contributed by atoms with E-state index in [4.69, 9.17) is 5.73 Å². The summed E-state index contributed by atoms with van der Waals surface area (Å²) in [5, 5.41) is 45.0. The van der Waals surface area contributed by atoms with Crippen molar-refractivity contribution in [1.29, 1.82) is 0 Å². The van der Waals surface area contributed by atoms with Gasteiger partial charge in [0.05, 0.1) is 18.7 Å². The minimum atomic E-state index is -2.70. The van der Waals surface area contributed by atoms with E-state index >= 15 is 0 Å². The SMILES string of the molecule is COC(=O)/C=C/c1cccc(-c2ccc(O)c3c2C[C@H]2C[C@H]4[C@H](N(C)C)C(=O)C(C(N)=O)=C(O)[C@@]4(O)C(=O)C2=C3O)c1. The van der Waals surface area contributed by atoms with Gasteiger partial charge in [-0.05, 0) is 73.3 Å². The lowest BCUT2D eigenvalue weighted by Gasteiger charge is -2.50. The summed E-state index contributed by atoms with van der Waals surface area (Å²) in [5.41, 5.74) is 4.17. The molecule has 0 aromatic heterocycles. The molecule has 6 N–H and O–H groups in total. The molecule has 1 amide bonds. The average Bonchev–Trinajstić information content (AvgIpc) is 2.93. The fourth-order valence-corrected chi connectivity index (χ4v) is 6.56. The van der Waals surface area contributed by atoms with Crippen LogP contribution in [0, 0.1) is 11.8 Å². The zero-order valence-electron chi connectivity index (χ0n) is 23.1. The number of esters is 1. The number of aliphatic hydroxyl groups excluding tert-OH is 2. The number of ketones is 2. The van der Waals surface area contributed by atoms with Crippen LogP contribution in [-0.2, 0) is 30.3 Å². The first-order valence-corrected chi connectivity index (χ1v) is 13.2. The van der Waals surface area contributed by atoms with E-state index in [1.54, 1.807) is 38.4 Å². The lowest BCUT2D eigenvalue weighted by Crippen LogP contribution is -2.65. The first-order chi connectivity index (χ1) is 19.8. The minimum absolute atomic E-state index is 0.000652. The highest BCUT2D eigenvalue weighted by Crippen LogP contribution is 2.53. The van der Waals surface area contributed by atoms with Gasteiger partial charge in [-0.3, -0.25) is 19.3 Å². The number of nitrogens with zero attached hydrogens (tertiary/aromatic N) is 1. The van der Waals surface area contributed by atoms with Crippen LogP contribution in [0.4, 0.5) is 0 Å². The van der Waals surface area contributed by atoms with Gasteiger partial charge in [-0.15, -0.1) is 0 Å². The maximum Gasteiger partial charge on any atom is 0.330 e. The fourth-order valence-electron chi connectivity index (χ4n) is 6.56. The Kier molecular flexibility index (Phi) is 7.04. The van der Waals surface area contributed by atoms with Gasteiger partial charge in [-0.1, -0.05) is 24.3 Å². The van der Waals surface area contributed by atoms with Gasteiger partial charge in [0.1, 0.15) is 22.8 Å². The van der Waals surface area contributed by atoms with E-state index in [0.717, 1.165) is 0 Å². The van der Waals surface area contributed by atoms with Crippen LogP contribution in [0.3, 0.4) is 0 Å².